The average molecular weight is 532 g/mol. The second kappa shape index (κ2) is 8.91. The minimum Gasteiger partial charge on any atom is -0.372 e. The lowest BCUT2D eigenvalue weighted by atomic mass is 9.89. The summed E-state index contributed by atoms with van der Waals surface area (Å²) >= 11 is 13.3. The number of fused-ring (bicyclic) bond motifs is 1. The molecule has 0 bridgehead atoms. The zero-order valence-electron chi connectivity index (χ0n) is 18.1. The topological polar surface area (TPSA) is 53.9 Å². The number of hydrogen-bond acceptors (Lipinski definition) is 5. The minimum atomic E-state index is -4.73. The molecule has 0 spiro atoms. The first kappa shape index (κ1) is 23.8. The molecular weight excluding hydrogens is 510 g/mol. The predicted molar refractivity (Wildman–Crippen MR) is 125 cm³/mol. The van der Waals surface area contributed by atoms with Gasteiger partial charge in [-0.1, -0.05) is 47.6 Å². The maximum Gasteiger partial charge on any atom is 0.435 e. The lowest BCUT2D eigenvalue weighted by molar-refractivity contribution is -0.275. The summed E-state index contributed by atoms with van der Waals surface area (Å²) in [5.74, 6) is 0.123. The quantitative estimate of drug-likeness (QED) is 0.483. The van der Waals surface area contributed by atoms with Crippen LogP contribution in [-0.4, -0.2) is 28.9 Å². The molecule has 0 saturated heterocycles. The summed E-state index contributed by atoms with van der Waals surface area (Å²) in [6.45, 7) is 0.748. The summed E-state index contributed by atoms with van der Waals surface area (Å²) in [4.78, 5) is 21.1. The van der Waals surface area contributed by atoms with Gasteiger partial charge in [-0.25, -0.2) is 0 Å². The van der Waals surface area contributed by atoms with Gasteiger partial charge in [-0.3, -0.25) is 4.79 Å². The lowest BCUT2D eigenvalue weighted by Gasteiger charge is -2.30. The van der Waals surface area contributed by atoms with Crippen molar-refractivity contribution in [2.24, 2.45) is 5.16 Å². The van der Waals surface area contributed by atoms with E-state index in [-0.39, 0.29) is 33.4 Å². The summed E-state index contributed by atoms with van der Waals surface area (Å²) in [6.07, 6.45) is 0.255. The summed E-state index contributed by atoms with van der Waals surface area (Å²) < 4.78 is 42.7. The Morgan fingerprint density at radius 3 is 2.47 bits per heavy atom. The van der Waals surface area contributed by atoms with Gasteiger partial charge in [0, 0.05) is 33.1 Å². The van der Waals surface area contributed by atoms with E-state index >= 15 is 0 Å². The van der Waals surface area contributed by atoms with Crippen LogP contribution in [0.3, 0.4) is 0 Å². The fourth-order valence-corrected chi connectivity index (χ4v) is 6.43. The van der Waals surface area contributed by atoms with Gasteiger partial charge < -0.3 is 15.1 Å². The summed E-state index contributed by atoms with van der Waals surface area (Å²) in [7, 11) is 0. The molecular formula is C23H22Cl2F3N3O2S. The smallest absolute Gasteiger partial charge is 0.372 e. The Morgan fingerprint density at radius 1 is 1.12 bits per heavy atom. The molecule has 1 fully saturated rings. The van der Waals surface area contributed by atoms with Gasteiger partial charge >= 0.3 is 6.18 Å². The Bertz CT molecular complexity index is 1100. The van der Waals surface area contributed by atoms with E-state index in [4.69, 9.17) is 28.0 Å². The van der Waals surface area contributed by atoms with Gasteiger partial charge in [0.2, 0.25) is 0 Å². The van der Waals surface area contributed by atoms with E-state index in [1.807, 2.05) is 6.07 Å². The Kier molecular flexibility index (Phi) is 6.23. The van der Waals surface area contributed by atoms with E-state index in [9.17, 15) is 18.0 Å². The summed E-state index contributed by atoms with van der Waals surface area (Å²) in [6, 6.07) is 5.83. The second-order valence-corrected chi connectivity index (χ2v) is 11.0. The molecule has 5 rings (SSSR count). The molecule has 5 nitrogen and oxygen atoms in total. The van der Waals surface area contributed by atoms with Crippen molar-refractivity contribution < 1.29 is 22.8 Å². The van der Waals surface area contributed by atoms with Crippen molar-refractivity contribution in [3.8, 4) is 0 Å². The van der Waals surface area contributed by atoms with Crippen molar-refractivity contribution in [3.05, 3.63) is 55.2 Å². The van der Waals surface area contributed by atoms with Crippen molar-refractivity contribution in [2.75, 3.05) is 0 Å². The molecule has 3 heterocycles. The SMILES string of the molecule is O=C(NC1CCCCC1)c1cc2c(s1)CN(C1=NOC(c3cc(Cl)cc(Cl)c3)(C(F)(F)F)C1)C2. The van der Waals surface area contributed by atoms with Crippen LogP contribution in [-0.2, 0) is 23.5 Å². The summed E-state index contributed by atoms with van der Waals surface area (Å²) in [5.41, 5.74) is -1.92. The van der Waals surface area contributed by atoms with Crippen molar-refractivity contribution in [1.82, 2.24) is 10.2 Å². The van der Waals surface area contributed by atoms with Crippen molar-refractivity contribution in [2.45, 2.75) is 69.4 Å². The van der Waals surface area contributed by atoms with Gasteiger partial charge in [0.25, 0.3) is 11.5 Å². The van der Waals surface area contributed by atoms with Crippen LogP contribution in [0.4, 0.5) is 13.2 Å². The number of alkyl halides is 3. The number of amidine groups is 1. The first-order chi connectivity index (χ1) is 16.1. The van der Waals surface area contributed by atoms with Gasteiger partial charge in [0.05, 0.1) is 17.8 Å². The van der Waals surface area contributed by atoms with Gasteiger partial charge in [0.15, 0.2) is 0 Å². The highest BCUT2D eigenvalue weighted by Crippen LogP contribution is 2.50. The molecule has 182 valence electrons. The molecule has 1 unspecified atom stereocenters. The van der Waals surface area contributed by atoms with Crippen LogP contribution in [0, 0.1) is 0 Å². The largest absolute Gasteiger partial charge is 0.435 e. The van der Waals surface area contributed by atoms with Crippen LogP contribution in [0.15, 0.2) is 29.4 Å². The number of nitrogens with one attached hydrogen (secondary N) is 1. The van der Waals surface area contributed by atoms with Gasteiger partial charge in [-0.05, 0) is 42.7 Å². The summed E-state index contributed by atoms with van der Waals surface area (Å²) in [5, 5.41) is 7.12. The Morgan fingerprint density at radius 2 is 1.82 bits per heavy atom. The monoisotopic (exact) mass is 531 g/mol. The number of hydrogen-bond donors (Lipinski definition) is 1. The first-order valence-electron chi connectivity index (χ1n) is 11.1. The Labute approximate surface area is 208 Å². The van der Waals surface area contributed by atoms with E-state index in [0.717, 1.165) is 36.1 Å². The first-order valence-corrected chi connectivity index (χ1v) is 12.7. The molecule has 1 saturated carbocycles. The number of amides is 1. The maximum atomic E-state index is 14.2. The molecule has 1 N–H and O–H groups in total. The molecule has 1 atom stereocenters. The van der Waals surface area contributed by atoms with Crippen LogP contribution in [0.25, 0.3) is 0 Å². The predicted octanol–water partition coefficient (Wildman–Crippen LogP) is 6.62. The molecule has 34 heavy (non-hydrogen) atoms. The number of nitrogens with zero attached hydrogens (tertiary/aromatic N) is 2. The Balaban J connectivity index is 1.29. The zero-order chi connectivity index (χ0) is 24.1. The highest BCUT2D eigenvalue weighted by Gasteiger charge is 2.63. The minimum absolute atomic E-state index is 0.0756. The normalized spacial score (nSPS) is 23.0. The number of carbonyl (C=O) groups is 1. The highest BCUT2D eigenvalue weighted by atomic mass is 35.5. The lowest BCUT2D eigenvalue weighted by Crippen LogP contribution is -2.43. The number of thiophene rings is 1. The number of oxime groups is 1. The molecule has 1 aromatic carbocycles. The van der Waals surface area contributed by atoms with Crippen molar-refractivity contribution >= 4 is 46.3 Å². The van der Waals surface area contributed by atoms with E-state index in [2.05, 4.69) is 10.5 Å². The van der Waals surface area contributed by atoms with Crippen LogP contribution in [0.1, 0.15) is 64.2 Å². The molecule has 1 amide bonds. The van der Waals surface area contributed by atoms with Crippen LogP contribution < -0.4 is 5.32 Å². The molecule has 1 aromatic heterocycles. The van der Waals surface area contributed by atoms with Crippen LogP contribution >= 0.6 is 34.5 Å². The van der Waals surface area contributed by atoms with Crippen molar-refractivity contribution in [3.63, 3.8) is 0 Å². The van der Waals surface area contributed by atoms with Gasteiger partial charge in [-0.2, -0.15) is 13.2 Å². The molecule has 3 aliphatic rings. The molecule has 2 aromatic rings. The van der Waals surface area contributed by atoms with E-state index in [1.165, 1.54) is 36.0 Å². The number of rotatable bonds is 3. The van der Waals surface area contributed by atoms with Gasteiger partial charge in [0.1, 0.15) is 5.84 Å². The van der Waals surface area contributed by atoms with E-state index in [0.29, 0.717) is 18.0 Å². The third kappa shape index (κ3) is 4.38. The third-order valence-electron chi connectivity index (χ3n) is 6.62. The van der Waals surface area contributed by atoms with Gasteiger partial charge in [-0.15, -0.1) is 11.3 Å². The van der Waals surface area contributed by atoms with Crippen molar-refractivity contribution in [1.29, 1.82) is 0 Å². The average Bonchev–Trinajstić information content (AvgIpc) is 3.47. The Hall–Kier alpha value is -1.97. The van der Waals surface area contributed by atoms with Crippen LogP contribution in [0.5, 0.6) is 0 Å². The fraction of sp³-hybridized carbons (Fsp3) is 0.478. The molecule has 1 aliphatic carbocycles. The number of benzene rings is 1. The third-order valence-corrected chi connectivity index (χ3v) is 8.22. The molecule has 2 aliphatic heterocycles. The number of halogens is 5. The standard InChI is InChI=1S/C23H22Cl2F3N3O2S/c24-15-7-14(8-16(25)9-15)22(23(26,27)28)10-20(30-33-22)31-11-13-6-18(34-19(13)12-31)21(32)29-17-4-2-1-3-5-17/h6-9,17H,1-5,10-12H2,(H,29,32). The van der Waals surface area contributed by atoms with E-state index < -0.39 is 18.2 Å². The zero-order valence-corrected chi connectivity index (χ0v) is 20.4. The maximum absolute atomic E-state index is 14.2. The second-order valence-electron chi connectivity index (χ2n) is 8.98. The number of carbonyl (C=O) groups excluding carboxylic acids is 1. The van der Waals surface area contributed by atoms with E-state index in [1.54, 1.807) is 4.90 Å². The van der Waals surface area contributed by atoms with Crippen LogP contribution in [0.2, 0.25) is 10.0 Å². The molecule has 0 radical (unpaired) electrons. The fourth-order valence-electron chi connectivity index (χ4n) is 4.81. The highest BCUT2D eigenvalue weighted by molar-refractivity contribution is 7.14. The molecule has 11 heteroatoms.